The van der Waals surface area contributed by atoms with Crippen LogP contribution in [0.3, 0.4) is 0 Å². The van der Waals surface area contributed by atoms with E-state index in [0.717, 1.165) is 0 Å². The fraction of sp³-hybridized carbons (Fsp3) is 0.286. The zero-order valence-electron chi connectivity index (χ0n) is 12.2. The summed E-state index contributed by atoms with van der Waals surface area (Å²) in [4.78, 5) is 26.5. The molecule has 22 heavy (non-hydrogen) atoms. The number of thiazole rings is 1. The van der Waals surface area contributed by atoms with Gasteiger partial charge in [0.1, 0.15) is 10.7 Å². The number of amides is 1. The van der Waals surface area contributed by atoms with Gasteiger partial charge in [0.05, 0.1) is 4.92 Å². The maximum Gasteiger partial charge on any atom is 0.270 e. The topological polar surface area (TPSA) is 111 Å². The zero-order valence-corrected chi connectivity index (χ0v) is 13.0. The van der Waals surface area contributed by atoms with Crippen LogP contribution in [-0.4, -0.2) is 27.9 Å². The number of nitrogens with one attached hydrogen (secondary N) is 1. The monoisotopic (exact) mass is 320 g/mol. The first-order valence-electron chi connectivity index (χ1n) is 6.54. The lowest BCUT2D eigenvalue weighted by atomic mass is 10.1. The normalized spacial score (nSPS) is 11.2. The maximum absolute atomic E-state index is 12.0. The fourth-order valence-corrected chi connectivity index (χ4v) is 2.46. The average molecular weight is 320 g/mol. The molecule has 3 N–H and O–H groups in total. The number of rotatable bonds is 5. The van der Waals surface area contributed by atoms with Crippen molar-refractivity contribution in [2.75, 3.05) is 6.54 Å². The van der Waals surface area contributed by atoms with Crippen molar-refractivity contribution < 1.29 is 9.72 Å². The lowest BCUT2D eigenvalue weighted by molar-refractivity contribution is -0.384. The van der Waals surface area contributed by atoms with E-state index < -0.39 is 10.5 Å². The molecule has 7 nitrogen and oxygen atoms in total. The highest BCUT2D eigenvalue weighted by Gasteiger charge is 2.16. The molecular formula is C14H16N4O3S. The first-order chi connectivity index (χ1) is 10.3. The predicted octanol–water partition coefficient (Wildman–Crippen LogP) is 2.19. The second kappa shape index (κ2) is 6.20. The van der Waals surface area contributed by atoms with Gasteiger partial charge in [-0.15, -0.1) is 11.3 Å². The molecule has 1 heterocycles. The van der Waals surface area contributed by atoms with Gasteiger partial charge in [-0.3, -0.25) is 14.9 Å². The summed E-state index contributed by atoms with van der Waals surface area (Å²) in [5.41, 5.74) is 6.17. The molecule has 0 unspecified atom stereocenters. The molecule has 0 radical (unpaired) electrons. The lowest BCUT2D eigenvalue weighted by Gasteiger charge is -2.18. The van der Waals surface area contributed by atoms with Gasteiger partial charge in [0.25, 0.3) is 11.6 Å². The minimum absolute atomic E-state index is 0.0106. The van der Waals surface area contributed by atoms with E-state index in [-0.39, 0.29) is 17.3 Å². The molecule has 1 aromatic carbocycles. The molecular weight excluding hydrogens is 304 g/mol. The summed E-state index contributed by atoms with van der Waals surface area (Å²) in [7, 11) is 0. The predicted molar refractivity (Wildman–Crippen MR) is 84.8 cm³/mol. The average Bonchev–Trinajstić information content (AvgIpc) is 2.94. The van der Waals surface area contributed by atoms with Crippen molar-refractivity contribution in [3.63, 3.8) is 0 Å². The Morgan fingerprint density at radius 2 is 2.23 bits per heavy atom. The van der Waals surface area contributed by atoms with Gasteiger partial charge in [-0.25, -0.2) is 4.98 Å². The summed E-state index contributed by atoms with van der Waals surface area (Å²) in [6.07, 6.45) is 0. The number of nitro benzene ring substituents is 1. The molecule has 116 valence electrons. The van der Waals surface area contributed by atoms with E-state index in [2.05, 4.69) is 10.3 Å². The third-order valence-corrected chi connectivity index (χ3v) is 3.64. The summed E-state index contributed by atoms with van der Waals surface area (Å²) in [5, 5.41) is 15.7. The molecule has 0 aliphatic rings. The maximum atomic E-state index is 12.0. The summed E-state index contributed by atoms with van der Waals surface area (Å²) >= 11 is 1.26. The molecule has 0 aliphatic heterocycles. The summed E-state index contributed by atoms with van der Waals surface area (Å²) in [6.45, 7) is 3.95. The van der Waals surface area contributed by atoms with Gasteiger partial charge in [0.2, 0.25) is 0 Å². The molecule has 1 amide bonds. The van der Waals surface area contributed by atoms with Gasteiger partial charge in [0.15, 0.2) is 0 Å². The van der Waals surface area contributed by atoms with E-state index >= 15 is 0 Å². The highest BCUT2D eigenvalue weighted by Crippen LogP contribution is 2.26. The summed E-state index contributed by atoms with van der Waals surface area (Å²) in [6, 6.07) is 6.15. The number of hydrogen-bond donors (Lipinski definition) is 2. The second-order valence-electron chi connectivity index (χ2n) is 5.52. The molecule has 0 spiro atoms. The van der Waals surface area contributed by atoms with Crippen molar-refractivity contribution in [2.45, 2.75) is 19.4 Å². The van der Waals surface area contributed by atoms with Crippen LogP contribution in [0.1, 0.15) is 24.3 Å². The molecule has 0 aliphatic carbocycles. The Morgan fingerprint density at radius 3 is 2.86 bits per heavy atom. The number of benzene rings is 1. The van der Waals surface area contributed by atoms with Crippen molar-refractivity contribution in [1.29, 1.82) is 0 Å². The largest absolute Gasteiger partial charge is 0.349 e. The molecule has 1 aromatic heterocycles. The third kappa shape index (κ3) is 4.09. The second-order valence-corrected chi connectivity index (χ2v) is 6.37. The number of carbonyl (C=O) groups is 1. The number of non-ortho nitro benzene ring substituents is 1. The van der Waals surface area contributed by atoms with Crippen LogP contribution in [0, 0.1) is 10.1 Å². The van der Waals surface area contributed by atoms with Crippen LogP contribution in [-0.2, 0) is 0 Å². The first kappa shape index (κ1) is 16.1. The Bertz CT molecular complexity index is 706. The van der Waals surface area contributed by atoms with Gasteiger partial charge in [-0.05, 0) is 13.8 Å². The van der Waals surface area contributed by atoms with E-state index in [1.54, 1.807) is 17.5 Å². The van der Waals surface area contributed by atoms with Crippen molar-refractivity contribution in [3.8, 4) is 10.6 Å². The Balaban J connectivity index is 2.16. The van der Waals surface area contributed by atoms with Gasteiger partial charge in [-0.1, -0.05) is 12.1 Å². The smallest absolute Gasteiger partial charge is 0.270 e. The highest BCUT2D eigenvalue weighted by atomic mass is 32.1. The fourth-order valence-electron chi connectivity index (χ4n) is 1.66. The zero-order chi connectivity index (χ0) is 16.3. The number of carbonyl (C=O) groups excluding carboxylic acids is 1. The molecule has 2 aromatic rings. The van der Waals surface area contributed by atoms with Gasteiger partial charge in [-0.2, -0.15) is 0 Å². The van der Waals surface area contributed by atoms with Crippen LogP contribution in [0.4, 0.5) is 5.69 Å². The van der Waals surface area contributed by atoms with Crippen LogP contribution in [0.2, 0.25) is 0 Å². The number of hydrogen-bond acceptors (Lipinski definition) is 6. The molecule has 0 fully saturated rings. The SMILES string of the molecule is CC(C)(N)CNC(=O)c1csc(-c2cccc([N+](=O)[O-])c2)n1. The molecule has 0 bridgehead atoms. The van der Waals surface area contributed by atoms with Crippen LogP contribution < -0.4 is 11.1 Å². The van der Waals surface area contributed by atoms with Gasteiger partial charge in [0, 0.05) is 35.2 Å². The minimum atomic E-state index is -0.505. The minimum Gasteiger partial charge on any atom is -0.349 e. The highest BCUT2D eigenvalue weighted by molar-refractivity contribution is 7.13. The Hall–Kier alpha value is -2.32. The van der Waals surface area contributed by atoms with Crippen LogP contribution >= 0.6 is 11.3 Å². The number of nitrogens with zero attached hydrogens (tertiary/aromatic N) is 2. The molecule has 8 heteroatoms. The van der Waals surface area contributed by atoms with Gasteiger partial charge < -0.3 is 11.1 Å². The van der Waals surface area contributed by atoms with E-state index in [4.69, 9.17) is 5.73 Å². The van der Waals surface area contributed by atoms with Crippen LogP contribution in [0.5, 0.6) is 0 Å². The first-order valence-corrected chi connectivity index (χ1v) is 7.42. The molecule has 0 saturated carbocycles. The van der Waals surface area contributed by atoms with Crippen molar-refractivity contribution in [3.05, 3.63) is 45.5 Å². The number of nitro groups is 1. The van der Waals surface area contributed by atoms with Crippen molar-refractivity contribution in [1.82, 2.24) is 10.3 Å². The Morgan fingerprint density at radius 1 is 1.50 bits per heavy atom. The summed E-state index contributed by atoms with van der Waals surface area (Å²) < 4.78 is 0. The Labute approximate surface area is 131 Å². The standard InChI is InChI=1S/C14H16N4O3S/c1-14(2,15)8-16-12(19)11-7-22-13(17-11)9-4-3-5-10(6-9)18(20)21/h3-7H,8,15H2,1-2H3,(H,16,19). The van der Waals surface area contributed by atoms with E-state index in [1.165, 1.54) is 23.5 Å². The van der Waals surface area contributed by atoms with E-state index in [9.17, 15) is 14.9 Å². The van der Waals surface area contributed by atoms with Crippen LogP contribution in [0.25, 0.3) is 10.6 Å². The quantitative estimate of drug-likeness (QED) is 0.648. The number of nitrogens with two attached hydrogens (primary N) is 1. The summed E-state index contributed by atoms with van der Waals surface area (Å²) in [5.74, 6) is -0.313. The van der Waals surface area contributed by atoms with E-state index in [0.29, 0.717) is 17.1 Å². The van der Waals surface area contributed by atoms with Crippen molar-refractivity contribution in [2.24, 2.45) is 5.73 Å². The molecule has 2 rings (SSSR count). The molecule has 0 atom stereocenters. The third-order valence-electron chi connectivity index (χ3n) is 2.75. The van der Waals surface area contributed by atoms with Gasteiger partial charge >= 0.3 is 0 Å². The molecule has 0 saturated heterocycles. The van der Waals surface area contributed by atoms with E-state index in [1.807, 2.05) is 13.8 Å². The number of aromatic nitrogens is 1. The Kier molecular flexibility index (Phi) is 4.53. The van der Waals surface area contributed by atoms with Crippen molar-refractivity contribution >= 4 is 22.9 Å². The van der Waals surface area contributed by atoms with Crippen LogP contribution in [0.15, 0.2) is 29.6 Å². The lowest BCUT2D eigenvalue weighted by Crippen LogP contribution is -2.45.